The first-order chi connectivity index (χ1) is 13.4. The molecular weight excluding hydrogens is 358 g/mol. The van der Waals surface area contributed by atoms with Gasteiger partial charge in [-0.05, 0) is 44.7 Å². The van der Waals surface area contributed by atoms with Gasteiger partial charge in [-0.1, -0.05) is 6.92 Å². The van der Waals surface area contributed by atoms with Gasteiger partial charge in [-0.2, -0.15) is 0 Å². The molecule has 7 nitrogen and oxygen atoms in total. The van der Waals surface area contributed by atoms with Crippen molar-refractivity contribution in [2.45, 2.75) is 33.6 Å². The third-order valence-corrected chi connectivity index (χ3v) is 4.75. The summed E-state index contributed by atoms with van der Waals surface area (Å²) in [6, 6.07) is 5.35. The van der Waals surface area contributed by atoms with E-state index < -0.39 is 0 Å². The first-order valence-corrected chi connectivity index (χ1v) is 10.2. The minimum atomic E-state index is -0.135. The van der Waals surface area contributed by atoms with Crippen LogP contribution in [0.2, 0.25) is 0 Å². The van der Waals surface area contributed by atoms with E-state index in [1.54, 1.807) is 18.2 Å². The number of likely N-dealkylation sites (tertiary alicyclic amines) is 1. The number of benzene rings is 1. The lowest BCUT2D eigenvalue weighted by Gasteiger charge is -2.31. The highest BCUT2D eigenvalue weighted by molar-refractivity contribution is 5.92. The van der Waals surface area contributed by atoms with Crippen LogP contribution in [0.5, 0.6) is 11.5 Å². The number of likely N-dealkylation sites (N-methyl/N-ethyl adjacent to an activating group) is 1. The quantitative estimate of drug-likeness (QED) is 0.662. The number of anilines is 1. The van der Waals surface area contributed by atoms with E-state index in [-0.39, 0.29) is 18.4 Å². The van der Waals surface area contributed by atoms with Crippen molar-refractivity contribution in [2.24, 2.45) is 5.92 Å². The second-order valence-corrected chi connectivity index (χ2v) is 7.47. The van der Waals surface area contributed by atoms with Gasteiger partial charge >= 0.3 is 0 Å². The summed E-state index contributed by atoms with van der Waals surface area (Å²) in [6.45, 7) is 9.26. The Kier molecular flexibility index (Phi) is 8.57. The van der Waals surface area contributed by atoms with Crippen LogP contribution in [0, 0.1) is 5.92 Å². The van der Waals surface area contributed by atoms with Gasteiger partial charge < -0.3 is 24.6 Å². The molecule has 0 radical (unpaired) electrons. The number of carbonyl (C=O) groups excluding carboxylic acids is 2. The van der Waals surface area contributed by atoms with Crippen molar-refractivity contribution in [1.82, 2.24) is 4.90 Å². The zero-order valence-corrected chi connectivity index (χ0v) is 17.5. The van der Waals surface area contributed by atoms with Crippen molar-refractivity contribution in [3.8, 4) is 11.5 Å². The van der Waals surface area contributed by atoms with Gasteiger partial charge in [0.2, 0.25) is 0 Å². The molecule has 2 rings (SSSR count). The van der Waals surface area contributed by atoms with E-state index in [0.717, 1.165) is 24.4 Å². The Labute approximate surface area is 168 Å². The molecule has 1 aliphatic rings. The summed E-state index contributed by atoms with van der Waals surface area (Å²) in [5, 5.41) is 2.88. The fraction of sp³-hybridized carbons (Fsp3) is 0.619. The molecule has 0 aromatic heterocycles. The topological polar surface area (TPSA) is 72.3 Å². The molecule has 1 aromatic rings. The second kappa shape index (κ2) is 10.9. The van der Waals surface area contributed by atoms with E-state index in [9.17, 15) is 9.59 Å². The number of hydrogen-bond donors (Lipinski definition) is 2. The molecule has 28 heavy (non-hydrogen) atoms. The van der Waals surface area contributed by atoms with E-state index in [4.69, 9.17) is 9.47 Å². The van der Waals surface area contributed by atoms with E-state index in [2.05, 4.69) is 12.2 Å². The first kappa shape index (κ1) is 22.0. The molecule has 0 aliphatic carbocycles. The molecule has 0 bridgehead atoms. The van der Waals surface area contributed by atoms with Gasteiger partial charge in [0, 0.05) is 24.8 Å². The number of rotatable bonds is 9. The largest absolute Gasteiger partial charge is 0.490 e. The maximum Gasteiger partial charge on any atom is 0.279 e. The molecule has 2 N–H and O–H groups in total. The zero-order chi connectivity index (χ0) is 20.5. The zero-order valence-electron chi connectivity index (χ0n) is 17.5. The molecule has 7 heteroatoms. The number of quaternary nitrogens is 1. The molecule has 1 fully saturated rings. The van der Waals surface area contributed by atoms with Gasteiger partial charge in [-0.3, -0.25) is 9.59 Å². The van der Waals surface area contributed by atoms with Crippen molar-refractivity contribution in [2.75, 3.05) is 51.8 Å². The number of piperidine rings is 1. The summed E-state index contributed by atoms with van der Waals surface area (Å²) in [6.07, 6.45) is 2.24. The van der Waals surface area contributed by atoms with Crippen LogP contribution < -0.4 is 19.7 Å². The monoisotopic (exact) mass is 392 g/mol. The van der Waals surface area contributed by atoms with Gasteiger partial charge in [0.1, 0.15) is 0 Å². The summed E-state index contributed by atoms with van der Waals surface area (Å²) < 4.78 is 11.1. The van der Waals surface area contributed by atoms with Gasteiger partial charge in [0.25, 0.3) is 11.8 Å². The Morgan fingerprint density at radius 1 is 1.18 bits per heavy atom. The third kappa shape index (κ3) is 6.71. The number of nitrogens with zero attached hydrogens (tertiary/aromatic N) is 1. The Hall–Kier alpha value is -2.28. The summed E-state index contributed by atoms with van der Waals surface area (Å²) in [5.74, 6) is 1.81. The van der Waals surface area contributed by atoms with Crippen molar-refractivity contribution in [3.63, 3.8) is 0 Å². The maximum atomic E-state index is 12.5. The minimum absolute atomic E-state index is 0.122. The average Bonchev–Trinajstić information content (AvgIpc) is 2.64. The predicted octanol–water partition coefficient (Wildman–Crippen LogP) is 1.20. The highest BCUT2D eigenvalue weighted by atomic mass is 16.5. The van der Waals surface area contributed by atoms with E-state index in [1.165, 1.54) is 6.42 Å². The normalized spacial score (nSPS) is 17.7. The molecule has 1 heterocycles. The van der Waals surface area contributed by atoms with Crippen LogP contribution in [0.15, 0.2) is 18.2 Å². The van der Waals surface area contributed by atoms with Crippen LogP contribution in [0.25, 0.3) is 0 Å². The van der Waals surface area contributed by atoms with Gasteiger partial charge in [-0.15, -0.1) is 0 Å². The van der Waals surface area contributed by atoms with Crippen molar-refractivity contribution in [1.29, 1.82) is 0 Å². The van der Waals surface area contributed by atoms with Gasteiger partial charge in [0.05, 0.1) is 20.3 Å². The SMILES string of the molecule is CCOc1ccc(NC(=O)C[NH+](C)CC(=O)N2CCC[C@@H](C)C2)cc1OCC. The van der Waals surface area contributed by atoms with E-state index in [1.807, 2.05) is 25.8 Å². The number of hydrogen-bond acceptors (Lipinski definition) is 4. The lowest BCUT2D eigenvalue weighted by atomic mass is 10.0. The summed E-state index contributed by atoms with van der Waals surface area (Å²) in [4.78, 5) is 27.6. The van der Waals surface area contributed by atoms with Crippen LogP contribution in [0.4, 0.5) is 5.69 Å². The Bertz CT molecular complexity index is 665. The lowest BCUT2D eigenvalue weighted by molar-refractivity contribution is -0.862. The average molecular weight is 393 g/mol. The Morgan fingerprint density at radius 3 is 2.57 bits per heavy atom. The maximum absolute atomic E-state index is 12.5. The molecule has 1 aliphatic heterocycles. The highest BCUT2D eigenvalue weighted by Crippen LogP contribution is 2.30. The minimum Gasteiger partial charge on any atom is -0.490 e. The summed E-state index contributed by atoms with van der Waals surface area (Å²) in [7, 11) is 1.87. The molecule has 0 spiro atoms. The van der Waals surface area contributed by atoms with E-state index >= 15 is 0 Å². The second-order valence-electron chi connectivity index (χ2n) is 7.47. The van der Waals surface area contributed by atoms with Crippen molar-refractivity contribution in [3.05, 3.63) is 18.2 Å². The van der Waals surface area contributed by atoms with Gasteiger partial charge in [0.15, 0.2) is 24.6 Å². The molecule has 0 saturated carbocycles. The van der Waals surface area contributed by atoms with Crippen LogP contribution in [0.3, 0.4) is 0 Å². The first-order valence-electron chi connectivity index (χ1n) is 10.2. The lowest BCUT2D eigenvalue weighted by Crippen LogP contribution is -3.11. The molecule has 2 atom stereocenters. The number of amides is 2. The number of nitrogens with one attached hydrogen (secondary N) is 2. The van der Waals surface area contributed by atoms with Crippen LogP contribution in [-0.2, 0) is 9.59 Å². The fourth-order valence-corrected chi connectivity index (χ4v) is 3.46. The molecule has 2 amide bonds. The number of carbonyl (C=O) groups is 2. The highest BCUT2D eigenvalue weighted by Gasteiger charge is 2.24. The van der Waals surface area contributed by atoms with Crippen LogP contribution in [0.1, 0.15) is 33.6 Å². The predicted molar refractivity (Wildman–Crippen MR) is 109 cm³/mol. The molecule has 1 unspecified atom stereocenters. The standard InChI is InChI=1S/C21H33N3O4/c1-5-27-18-10-9-17(12-19(18)28-6-2)22-20(25)14-23(4)15-21(26)24-11-7-8-16(3)13-24/h9-10,12,16H,5-8,11,13-15H2,1-4H3,(H,22,25)/p+1/t16-/m1/s1. The smallest absolute Gasteiger partial charge is 0.279 e. The molecule has 1 aromatic carbocycles. The van der Waals surface area contributed by atoms with E-state index in [0.29, 0.717) is 42.9 Å². The fourth-order valence-electron chi connectivity index (χ4n) is 3.46. The molecule has 156 valence electrons. The van der Waals surface area contributed by atoms with Crippen molar-refractivity contribution < 1.29 is 24.0 Å². The van der Waals surface area contributed by atoms with Crippen LogP contribution >= 0.6 is 0 Å². The number of ether oxygens (including phenoxy) is 2. The van der Waals surface area contributed by atoms with Gasteiger partial charge in [-0.25, -0.2) is 0 Å². The Balaban J connectivity index is 1.87. The Morgan fingerprint density at radius 2 is 1.89 bits per heavy atom. The van der Waals surface area contributed by atoms with Crippen molar-refractivity contribution >= 4 is 17.5 Å². The third-order valence-electron chi connectivity index (χ3n) is 4.75. The molecule has 1 saturated heterocycles. The summed E-state index contributed by atoms with van der Waals surface area (Å²) in [5.41, 5.74) is 0.654. The summed E-state index contributed by atoms with van der Waals surface area (Å²) >= 11 is 0. The molecular formula is C21H34N3O4+. The van der Waals surface area contributed by atoms with Crippen LogP contribution in [-0.4, -0.2) is 63.2 Å².